The Morgan fingerprint density at radius 1 is 1.08 bits per heavy atom. The SMILES string of the molecule is N#CCCN(CCc1ccccc1)C(=O)COc1ccc(Cl)cc1. The van der Waals surface area contributed by atoms with Crippen molar-refractivity contribution in [2.24, 2.45) is 0 Å². The number of carbonyl (C=O) groups excluding carboxylic acids is 1. The molecule has 0 aliphatic heterocycles. The summed E-state index contributed by atoms with van der Waals surface area (Å²) in [5.41, 5.74) is 1.16. The molecular weight excluding hydrogens is 324 g/mol. The molecule has 2 aromatic rings. The van der Waals surface area contributed by atoms with Crippen molar-refractivity contribution in [2.45, 2.75) is 12.8 Å². The van der Waals surface area contributed by atoms with Crippen LogP contribution in [0.15, 0.2) is 54.6 Å². The van der Waals surface area contributed by atoms with Crippen LogP contribution in [0.3, 0.4) is 0 Å². The molecule has 1 amide bonds. The van der Waals surface area contributed by atoms with E-state index in [4.69, 9.17) is 21.6 Å². The maximum absolute atomic E-state index is 12.4. The van der Waals surface area contributed by atoms with E-state index < -0.39 is 0 Å². The first-order chi connectivity index (χ1) is 11.7. The van der Waals surface area contributed by atoms with Crippen LogP contribution >= 0.6 is 11.6 Å². The molecule has 0 radical (unpaired) electrons. The second-order valence-corrected chi connectivity index (χ2v) is 5.70. The maximum Gasteiger partial charge on any atom is 0.260 e. The average molecular weight is 343 g/mol. The van der Waals surface area contributed by atoms with Gasteiger partial charge in [0, 0.05) is 18.1 Å². The Bertz CT molecular complexity index is 681. The predicted octanol–water partition coefficient (Wildman–Crippen LogP) is 3.70. The van der Waals surface area contributed by atoms with E-state index in [1.54, 1.807) is 29.2 Å². The molecule has 0 unspecified atom stereocenters. The largest absolute Gasteiger partial charge is 0.484 e. The van der Waals surface area contributed by atoms with Crippen molar-refractivity contribution < 1.29 is 9.53 Å². The van der Waals surface area contributed by atoms with Gasteiger partial charge in [-0.2, -0.15) is 5.26 Å². The minimum atomic E-state index is -0.129. The molecule has 0 atom stereocenters. The van der Waals surface area contributed by atoms with Crippen LogP contribution in [-0.2, 0) is 11.2 Å². The molecule has 0 spiro atoms. The van der Waals surface area contributed by atoms with Gasteiger partial charge in [0.15, 0.2) is 6.61 Å². The Morgan fingerprint density at radius 3 is 2.46 bits per heavy atom. The zero-order chi connectivity index (χ0) is 17.2. The van der Waals surface area contributed by atoms with E-state index in [9.17, 15) is 4.79 Å². The fraction of sp³-hybridized carbons (Fsp3) is 0.263. The summed E-state index contributed by atoms with van der Waals surface area (Å²) >= 11 is 5.82. The fourth-order valence-corrected chi connectivity index (χ4v) is 2.35. The van der Waals surface area contributed by atoms with E-state index in [1.165, 1.54) is 0 Å². The van der Waals surface area contributed by atoms with Crippen molar-refractivity contribution in [3.8, 4) is 11.8 Å². The molecule has 0 aliphatic rings. The van der Waals surface area contributed by atoms with E-state index in [0.29, 0.717) is 30.3 Å². The minimum Gasteiger partial charge on any atom is -0.484 e. The van der Waals surface area contributed by atoms with Crippen molar-refractivity contribution in [2.75, 3.05) is 19.7 Å². The van der Waals surface area contributed by atoms with E-state index in [0.717, 1.165) is 12.0 Å². The Kier molecular flexibility index (Phi) is 7.13. The Morgan fingerprint density at radius 2 is 1.79 bits per heavy atom. The van der Waals surface area contributed by atoms with Crippen LogP contribution in [0.1, 0.15) is 12.0 Å². The van der Waals surface area contributed by atoms with Gasteiger partial charge in [0.05, 0.1) is 12.5 Å². The van der Waals surface area contributed by atoms with Crippen LogP contribution in [-0.4, -0.2) is 30.5 Å². The average Bonchev–Trinajstić information content (AvgIpc) is 2.62. The molecule has 2 rings (SSSR count). The number of rotatable bonds is 8. The van der Waals surface area contributed by atoms with Crippen LogP contribution in [0.25, 0.3) is 0 Å². The van der Waals surface area contributed by atoms with Crippen LogP contribution in [0.5, 0.6) is 5.75 Å². The predicted molar refractivity (Wildman–Crippen MR) is 93.9 cm³/mol. The van der Waals surface area contributed by atoms with Gasteiger partial charge in [0.1, 0.15) is 5.75 Å². The lowest BCUT2D eigenvalue weighted by Crippen LogP contribution is -2.37. The maximum atomic E-state index is 12.4. The molecule has 0 heterocycles. The summed E-state index contributed by atoms with van der Waals surface area (Å²) in [6.07, 6.45) is 1.06. The van der Waals surface area contributed by atoms with Gasteiger partial charge in [-0.25, -0.2) is 0 Å². The monoisotopic (exact) mass is 342 g/mol. The van der Waals surface area contributed by atoms with Crippen LogP contribution in [0.2, 0.25) is 5.02 Å². The van der Waals surface area contributed by atoms with Gasteiger partial charge in [-0.05, 0) is 36.2 Å². The topological polar surface area (TPSA) is 53.3 Å². The molecule has 0 saturated heterocycles. The summed E-state index contributed by atoms with van der Waals surface area (Å²) in [6, 6.07) is 18.9. The second kappa shape index (κ2) is 9.59. The Labute approximate surface area is 147 Å². The first-order valence-corrected chi connectivity index (χ1v) is 8.14. The fourth-order valence-electron chi connectivity index (χ4n) is 2.22. The Hall–Kier alpha value is -2.51. The zero-order valence-corrected chi connectivity index (χ0v) is 14.1. The molecule has 0 N–H and O–H groups in total. The van der Waals surface area contributed by atoms with E-state index in [-0.39, 0.29) is 12.5 Å². The van der Waals surface area contributed by atoms with Gasteiger partial charge in [-0.1, -0.05) is 41.9 Å². The molecule has 24 heavy (non-hydrogen) atoms. The first kappa shape index (κ1) is 17.8. The summed E-state index contributed by atoms with van der Waals surface area (Å²) < 4.78 is 5.50. The lowest BCUT2D eigenvalue weighted by Gasteiger charge is -2.21. The normalized spacial score (nSPS) is 10.0. The molecule has 0 aromatic heterocycles. The highest BCUT2D eigenvalue weighted by Gasteiger charge is 2.14. The van der Waals surface area contributed by atoms with Crippen LogP contribution < -0.4 is 4.74 Å². The third-order valence-electron chi connectivity index (χ3n) is 3.54. The zero-order valence-electron chi connectivity index (χ0n) is 13.3. The molecule has 4 nitrogen and oxygen atoms in total. The number of hydrogen-bond donors (Lipinski definition) is 0. The third-order valence-corrected chi connectivity index (χ3v) is 3.79. The van der Waals surface area contributed by atoms with Crippen molar-refractivity contribution in [1.29, 1.82) is 5.26 Å². The second-order valence-electron chi connectivity index (χ2n) is 5.27. The highest BCUT2D eigenvalue weighted by Crippen LogP contribution is 2.15. The molecule has 0 fully saturated rings. The molecular formula is C19H19ClN2O2. The molecule has 0 aliphatic carbocycles. The molecule has 2 aromatic carbocycles. The van der Waals surface area contributed by atoms with Crippen LogP contribution in [0.4, 0.5) is 0 Å². The van der Waals surface area contributed by atoms with Gasteiger partial charge in [0.25, 0.3) is 5.91 Å². The smallest absolute Gasteiger partial charge is 0.260 e. The highest BCUT2D eigenvalue weighted by atomic mass is 35.5. The standard InChI is InChI=1S/C19H19ClN2O2/c20-17-7-9-18(10-8-17)24-15-19(23)22(13-4-12-21)14-11-16-5-2-1-3-6-16/h1-3,5-10H,4,11,13-15H2. The van der Waals surface area contributed by atoms with E-state index in [1.807, 2.05) is 30.3 Å². The first-order valence-electron chi connectivity index (χ1n) is 7.76. The lowest BCUT2D eigenvalue weighted by molar-refractivity contribution is -0.133. The summed E-state index contributed by atoms with van der Waals surface area (Å²) in [6.45, 7) is 0.919. The number of benzene rings is 2. The van der Waals surface area contributed by atoms with Gasteiger partial charge in [0.2, 0.25) is 0 Å². The number of nitriles is 1. The molecule has 0 saturated carbocycles. The highest BCUT2D eigenvalue weighted by molar-refractivity contribution is 6.30. The lowest BCUT2D eigenvalue weighted by atomic mass is 10.1. The summed E-state index contributed by atoms with van der Waals surface area (Å²) in [4.78, 5) is 14.0. The van der Waals surface area contributed by atoms with Crippen molar-refractivity contribution in [1.82, 2.24) is 4.90 Å². The molecule has 0 bridgehead atoms. The van der Waals surface area contributed by atoms with Crippen molar-refractivity contribution in [3.63, 3.8) is 0 Å². The number of hydrogen-bond acceptors (Lipinski definition) is 3. The summed E-state index contributed by atoms with van der Waals surface area (Å²) in [5.74, 6) is 0.465. The van der Waals surface area contributed by atoms with Crippen molar-refractivity contribution >= 4 is 17.5 Å². The third kappa shape index (κ3) is 5.94. The van der Waals surface area contributed by atoms with Gasteiger partial charge in [-0.15, -0.1) is 0 Å². The molecule has 5 heteroatoms. The van der Waals surface area contributed by atoms with Crippen LogP contribution in [0, 0.1) is 11.3 Å². The van der Waals surface area contributed by atoms with Gasteiger partial charge in [-0.3, -0.25) is 4.79 Å². The Balaban J connectivity index is 1.89. The number of nitrogens with zero attached hydrogens (tertiary/aromatic N) is 2. The van der Waals surface area contributed by atoms with Gasteiger partial charge >= 0.3 is 0 Å². The molecule has 124 valence electrons. The van der Waals surface area contributed by atoms with E-state index in [2.05, 4.69) is 6.07 Å². The van der Waals surface area contributed by atoms with Gasteiger partial charge < -0.3 is 9.64 Å². The quantitative estimate of drug-likeness (QED) is 0.735. The summed E-state index contributed by atoms with van der Waals surface area (Å²) in [5, 5.41) is 9.40. The van der Waals surface area contributed by atoms with Crippen molar-refractivity contribution in [3.05, 3.63) is 65.2 Å². The number of amides is 1. The minimum absolute atomic E-state index is 0.0537. The number of ether oxygens (including phenoxy) is 1. The summed E-state index contributed by atoms with van der Waals surface area (Å²) in [7, 11) is 0. The number of halogens is 1. The van der Waals surface area contributed by atoms with E-state index >= 15 is 0 Å². The number of carbonyl (C=O) groups is 1.